The van der Waals surface area contributed by atoms with E-state index in [4.69, 9.17) is 4.74 Å². The van der Waals surface area contributed by atoms with Crippen LogP contribution in [-0.4, -0.2) is 30.3 Å². The summed E-state index contributed by atoms with van der Waals surface area (Å²) in [5, 5.41) is 0. The molecule has 2 fully saturated rings. The molecule has 0 aliphatic carbocycles. The maximum Gasteiger partial charge on any atom is 0.416 e. The van der Waals surface area contributed by atoms with Crippen LogP contribution in [0.1, 0.15) is 18.4 Å². The number of piperidine rings is 1. The van der Waals surface area contributed by atoms with Gasteiger partial charge in [0.05, 0.1) is 6.54 Å². The Kier molecular flexibility index (Phi) is 4.22. The van der Waals surface area contributed by atoms with Gasteiger partial charge in [0.25, 0.3) is 0 Å². The van der Waals surface area contributed by atoms with Gasteiger partial charge in [-0.2, -0.15) is 0 Å². The Balaban J connectivity index is 1.52. The Labute approximate surface area is 142 Å². The van der Waals surface area contributed by atoms with Crippen molar-refractivity contribution in [3.05, 3.63) is 66.2 Å². The second-order valence-corrected chi connectivity index (χ2v) is 6.63. The molecule has 0 aromatic heterocycles. The highest BCUT2D eigenvalue weighted by molar-refractivity contribution is 5.87. The maximum atomic E-state index is 12.9. The SMILES string of the molecule is O=C(OC1CC2CCN1C2)N(Cc1ccccc1)c1ccccc1. The fourth-order valence-corrected chi connectivity index (χ4v) is 3.69. The molecule has 2 heterocycles. The fourth-order valence-electron chi connectivity index (χ4n) is 3.69. The van der Waals surface area contributed by atoms with Crippen LogP contribution in [0.5, 0.6) is 0 Å². The van der Waals surface area contributed by atoms with Gasteiger partial charge >= 0.3 is 6.09 Å². The lowest BCUT2D eigenvalue weighted by atomic mass is 10.1. The summed E-state index contributed by atoms with van der Waals surface area (Å²) >= 11 is 0. The van der Waals surface area contributed by atoms with E-state index in [1.165, 1.54) is 6.42 Å². The second kappa shape index (κ2) is 6.65. The molecule has 2 aliphatic rings. The Bertz CT molecular complexity index is 689. The van der Waals surface area contributed by atoms with Gasteiger partial charge in [-0.05, 0) is 30.0 Å². The number of para-hydroxylation sites is 1. The Morgan fingerprint density at radius 1 is 1.08 bits per heavy atom. The van der Waals surface area contributed by atoms with Crippen LogP contribution in [-0.2, 0) is 11.3 Å². The van der Waals surface area contributed by atoms with Crippen molar-refractivity contribution in [2.75, 3.05) is 18.0 Å². The van der Waals surface area contributed by atoms with Crippen molar-refractivity contribution in [1.29, 1.82) is 0 Å². The monoisotopic (exact) mass is 322 g/mol. The minimum Gasteiger partial charge on any atom is -0.430 e. The van der Waals surface area contributed by atoms with Crippen molar-refractivity contribution in [3.8, 4) is 0 Å². The average molecular weight is 322 g/mol. The van der Waals surface area contributed by atoms with Crippen LogP contribution >= 0.6 is 0 Å². The van der Waals surface area contributed by atoms with Crippen LogP contribution in [0.3, 0.4) is 0 Å². The standard InChI is InChI=1S/C20H22N2O2/c23-20(24-19-13-17-11-12-21(19)14-17)22(18-9-5-2-6-10-18)15-16-7-3-1-4-8-16/h1-10,17,19H,11-15H2. The average Bonchev–Trinajstić information content (AvgIpc) is 3.24. The van der Waals surface area contributed by atoms with Crippen molar-refractivity contribution in [3.63, 3.8) is 0 Å². The highest BCUT2D eigenvalue weighted by atomic mass is 16.6. The molecule has 2 aromatic rings. The topological polar surface area (TPSA) is 32.8 Å². The van der Waals surface area contributed by atoms with E-state index in [0.29, 0.717) is 12.5 Å². The summed E-state index contributed by atoms with van der Waals surface area (Å²) in [5.74, 6) is 0.696. The molecule has 3 atom stereocenters. The molecular weight excluding hydrogens is 300 g/mol. The van der Waals surface area contributed by atoms with E-state index in [0.717, 1.165) is 30.8 Å². The van der Waals surface area contributed by atoms with Crippen molar-refractivity contribution in [1.82, 2.24) is 4.90 Å². The zero-order valence-corrected chi connectivity index (χ0v) is 13.7. The number of anilines is 1. The maximum absolute atomic E-state index is 12.9. The summed E-state index contributed by atoms with van der Waals surface area (Å²) in [6.07, 6.45) is 1.89. The number of fused-ring (bicyclic) bond motifs is 2. The molecule has 2 aliphatic heterocycles. The van der Waals surface area contributed by atoms with Gasteiger partial charge in [-0.3, -0.25) is 9.80 Å². The molecule has 0 N–H and O–H groups in total. The lowest BCUT2D eigenvalue weighted by Gasteiger charge is -2.29. The number of hydrogen-bond acceptors (Lipinski definition) is 3. The number of carbonyl (C=O) groups excluding carboxylic acids is 1. The van der Waals surface area contributed by atoms with Gasteiger partial charge in [0.1, 0.15) is 0 Å². The molecule has 2 saturated heterocycles. The van der Waals surface area contributed by atoms with Crippen LogP contribution in [0.4, 0.5) is 10.5 Å². The first-order valence-corrected chi connectivity index (χ1v) is 8.61. The highest BCUT2D eigenvalue weighted by Gasteiger charge is 2.40. The summed E-state index contributed by atoms with van der Waals surface area (Å²) in [7, 11) is 0. The van der Waals surface area contributed by atoms with E-state index in [2.05, 4.69) is 4.90 Å². The molecule has 4 nitrogen and oxygen atoms in total. The van der Waals surface area contributed by atoms with Crippen molar-refractivity contribution in [2.24, 2.45) is 5.92 Å². The molecular formula is C20H22N2O2. The molecule has 0 radical (unpaired) electrons. The van der Waals surface area contributed by atoms with Gasteiger partial charge in [0, 0.05) is 25.2 Å². The van der Waals surface area contributed by atoms with Gasteiger partial charge in [-0.1, -0.05) is 48.5 Å². The normalized spacial score (nSPS) is 24.8. The van der Waals surface area contributed by atoms with E-state index in [9.17, 15) is 4.79 Å². The highest BCUT2D eigenvalue weighted by Crippen LogP contribution is 2.34. The van der Waals surface area contributed by atoms with E-state index >= 15 is 0 Å². The minimum absolute atomic E-state index is 0.0572. The lowest BCUT2D eigenvalue weighted by molar-refractivity contribution is 0.0120. The molecule has 124 valence electrons. The number of hydrogen-bond donors (Lipinski definition) is 0. The van der Waals surface area contributed by atoms with Gasteiger partial charge in [0.15, 0.2) is 6.23 Å². The van der Waals surface area contributed by atoms with E-state index in [1.807, 2.05) is 60.7 Å². The molecule has 24 heavy (non-hydrogen) atoms. The van der Waals surface area contributed by atoms with Gasteiger partial charge in [0.2, 0.25) is 0 Å². The quantitative estimate of drug-likeness (QED) is 0.856. The van der Waals surface area contributed by atoms with Gasteiger partial charge < -0.3 is 4.74 Å². The second-order valence-electron chi connectivity index (χ2n) is 6.63. The largest absolute Gasteiger partial charge is 0.430 e. The fraction of sp³-hybridized carbons (Fsp3) is 0.350. The lowest BCUT2D eigenvalue weighted by Crippen LogP contribution is -2.39. The number of amides is 1. The van der Waals surface area contributed by atoms with E-state index < -0.39 is 0 Å². The summed E-state index contributed by atoms with van der Waals surface area (Å²) in [6.45, 7) is 2.63. The van der Waals surface area contributed by atoms with Crippen LogP contribution in [0.25, 0.3) is 0 Å². The summed E-state index contributed by atoms with van der Waals surface area (Å²) < 4.78 is 5.85. The zero-order chi connectivity index (χ0) is 16.4. The van der Waals surface area contributed by atoms with E-state index in [-0.39, 0.29) is 12.3 Å². The predicted molar refractivity (Wildman–Crippen MR) is 93.6 cm³/mol. The Hall–Kier alpha value is -2.33. The molecule has 2 aromatic carbocycles. The van der Waals surface area contributed by atoms with Crippen molar-refractivity contribution in [2.45, 2.75) is 25.6 Å². The van der Waals surface area contributed by atoms with Crippen LogP contribution in [0.15, 0.2) is 60.7 Å². The zero-order valence-electron chi connectivity index (χ0n) is 13.7. The smallest absolute Gasteiger partial charge is 0.416 e. The molecule has 0 saturated carbocycles. The molecule has 1 amide bonds. The summed E-state index contributed by atoms with van der Waals surface area (Å²) in [6, 6.07) is 19.8. The first-order chi connectivity index (χ1) is 11.8. The van der Waals surface area contributed by atoms with Crippen LogP contribution in [0.2, 0.25) is 0 Å². The van der Waals surface area contributed by atoms with Crippen LogP contribution in [0, 0.1) is 5.92 Å². The first-order valence-electron chi connectivity index (χ1n) is 8.61. The van der Waals surface area contributed by atoms with Crippen molar-refractivity contribution < 1.29 is 9.53 Å². The first kappa shape index (κ1) is 15.2. The summed E-state index contributed by atoms with van der Waals surface area (Å²) in [5.41, 5.74) is 1.95. The predicted octanol–water partition coefficient (Wildman–Crippen LogP) is 3.88. The molecule has 4 heteroatoms. The Morgan fingerprint density at radius 3 is 2.42 bits per heavy atom. The number of nitrogens with zero attached hydrogens (tertiary/aromatic N) is 2. The van der Waals surface area contributed by atoms with Crippen molar-refractivity contribution >= 4 is 11.8 Å². The molecule has 3 unspecified atom stereocenters. The van der Waals surface area contributed by atoms with Gasteiger partial charge in [-0.15, -0.1) is 0 Å². The molecule has 4 rings (SSSR count). The van der Waals surface area contributed by atoms with E-state index in [1.54, 1.807) is 4.90 Å². The minimum atomic E-state index is -0.261. The molecule has 0 spiro atoms. The van der Waals surface area contributed by atoms with Gasteiger partial charge in [-0.25, -0.2) is 4.79 Å². The Morgan fingerprint density at radius 2 is 1.79 bits per heavy atom. The third-order valence-electron chi connectivity index (χ3n) is 4.97. The number of carbonyl (C=O) groups is 1. The summed E-state index contributed by atoms with van der Waals surface area (Å²) in [4.78, 5) is 16.9. The number of benzene rings is 2. The number of ether oxygens (including phenoxy) is 1. The third kappa shape index (κ3) is 3.15. The third-order valence-corrected chi connectivity index (χ3v) is 4.97. The number of rotatable bonds is 4. The van der Waals surface area contributed by atoms with Crippen LogP contribution < -0.4 is 4.90 Å². The molecule has 2 bridgehead atoms.